The molecular formula is C12H20N2OS. The molecule has 0 radical (unpaired) electrons. The number of hydrogen-bond donors (Lipinski definition) is 1. The largest absolute Gasteiger partial charge is 0.338 e. The minimum absolute atomic E-state index is 0.0150. The van der Waals surface area contributed by atoms with Crippen molar-refractivity contribution in [2.24, 2.45) is 0 Å². The van der Waals surface area contributed by atoms with E-state index in [1.165, 1.54) is 10.4 Å². The van der Waals surface area contributed by atoms with Gasteiger partial charge < -0.3 is 10.2 Å². The molecule has 1 N–H and O–H groups in total. The molecule has 1 rings (SSSR count). The van der Waals surface area contributed by atoms with E-state index in [4.69, 9.17) is 0 Å². The summed E-state index contributed by atoms with van der Waals surface area (Å²) in [6, 6.07) is 2.10. The molecule has 0 bridgehead atoms. The van der Waals surface area contributed by atoms with Gasteiger partial charge in [-0.2, -0.15) is 0 Å². The van der Waals surface area contributed by atoms with Crippen LogP contribution in [0, 0.1) is 6.92 Å². The fourth-order valence-electron chi connectivity index (χ4n) is 1.36. The molecule has 0 saturated carbocycles. The molecule has 0 aliphatic rings. The van der Waals surface area contributed by atoms with Gasteiger partial charge in [-0.15, -0.1) is 11.3 Å². The average molecular weight is 240 g/mol. The quantitative estimate of drug-likeness (QED) is 0.788. The summed E-state index contributed by atoms with van der Waals surface area (Å²) in [5.41, 5.74) is 1.26. The first-order valence-corrected chi connectivity index (χ1v) is 6.55. The number of hydrogen-bond acceptors (Lipinski definition) is 2. The van der Waals surface area contributed by atoms with Crippen LogP contribution in [0.5, 0.6) is 0 Å². The average Bonchev–Trinajstić information content (AvgIpc) is 2.64. The molecule has 1 aromatic heterocycles. The Labute approximate surface area is 101 Å². The number of carbonyl (C=O) groups excluding carboxylic acids is 1. The maximum absolute atomic E-state index is 11.7. The van der Waals surface area contributed by atoms with E-state index in [2.05, 4.69) is 30.6 Å². The number of thiophene rings is 1. The second-order valence-electron chi connectivity index (χ2n) is 3.97. The maximum atomic E-state index is 11.7. The number of amides is 2. The second kappa shape index (κ2) is 6.53. The number of urea groups is 1. The third kappa shape index (κ3) is 3.85. The van der Waals surface area contributed by atoms with E-state index in [0.29, 0.717) is 6.54 Å². The summed E-state index contributed by atoms with van der Waals surface area (Å²) in [6.45, 7) is 5.66. The molecule has 4 heteroatoms. The number of carbonyl (C=O) groups is 1. The van der Waals surface area contributed by atoms with Gasteiger partial charge in [-0.05, 0) is 30.4 Å². The van der Waals surface area contributed by atoms with Gasteiger partial charge >= 0.3 is 6.03 Å². The molecule has 0 aromatic carbocycles. The van der Waals surface area contributed by atoms with Crippen LogP contribution in [-0.2, 0) is 6.54 Å². The Hall–Kier alpha value is -1.03. The van der Waals surface area contributed by atoms with Gasteiger partial charge in [0.05, 0.1) is 6.54 Å². The van der Waals surface area contributed by atoms with E-state index < -0.39 is 0 Å². The van der Waals surface area contributed by atoms with E-state index >= 15 is 0 Å². The van der Waals surface area contributed by atoms with Gasteiger partial charge in [0.2, 0.25) is 0 Å². The molecule has 90 valence electrons. The van der Waals surface area contributed by atoms with Crippen LogP contribution in [0.2, 0.25) is 0 Å². The molecule has 16 heavy (non-hydrogen) atoms. The van der Waals surface area contributed by atoms with Gasteiger partial charge in [-0.1, -0.05) is 13.3 Å². The number of nitrogens with zero attached hydrogens (tertiary/aromatic N) is 1. The fraction of sp³-hybridized carbons (Fsp3) is 0.583. The zero-order valence-corrected chi connectivity index (χ0v) is 11.1. The predicted octanol–water partition coefficient (Wildman–Crippen LogP) is 3.00. The van der Waals surface area contributed by atoms with Crippen molar-refractivity contribution in [3.8, 4) is 0 Å². The minimum atomic E-state index is 0.0150. The number of rotatable bonds is 5. The van der Waals surface area contributed by atoms with E-state index in [1.54, 1.807) is 16.2 Å². The Bertz CT molecular complexity index is 336. The summed E-state index contributed by atoms with van der Waals surface area (Å²) in [4.78, 5) is 14.7. The lowest BCUT2D eigenvalue weighted by Crippen LogP contribution is -2.37. The van der Waals surface area contributed by atoms with Crippen LogP contribution < -0.4 is 5.32 Å². The van der Waals surface area contributed by atoms with Crippen molar-refractivity contribution < 1.29 is 4.79 Å². The lowest BCUT2D eigenvalue weighted by molar-refractivity contribution is 0.207. The molecule has 2 amide bonds. The molecule has 0 aliphatic heterocycles. The fourth-order valence-corrected chi connectivity index (χ4v) is 2.32. The molecule has 0 saturated heterocycles. The van der Waals surface area contributed by atoms with Crippen molar-refractivity contribution >= 4 is 17.4 Å². The molecule has 0 unspecified atom stereocenters. The first-order chi connectivity index (χ1) is 7.65. The Morgan fingerprint density at radius 2 is 2.31 bits per heavy atom. The SMILES string of the molecule is CCCCNC(=O)N(C)Cc1sccc1C. The number of nitrogens with one attached hydrogen (secondary N) is 1. The van der Waals surface area contributed by atoms with Crippen LogP contribution in [0.1, 0.15) is 30.2 Å². The van der Waals surface area contributed by atoms with Gasteiger partial charge in [-0.3, -0.25) is 0 Å². The van der Waals surface area contributed by atoms with Gasteiger partial charge in [0.1, 0.15) is 0 Å². The van der Waals surface area contributed by atoms with Gasteiger partial charge in [0.25, 0.3) is 0 Å². The summed E-state index contributed by atoms with van der Waals surface area (Å²) >= 11 is 1.70. The van der Waals surface area contributed by atoms with Gasteiger partial charge in [0, 0.05) is 18.5 Å². The second-order valence-corrected chi connectivity index (χ2v) is 4.97. The first kappa shape index (κ1) is 13.0. The van der Waals surface area contributed by atoms with Crippen LogP contribution in [0.4, 0.5) is 4.79 Å². The van der Waals surface area contributed by atoms with Crippen molar-refractivity contribution in [3.05, 3.63) is 21.9 Å². The maximum Gasteiger partial charge on any atom is 0.317 e. The Balaban J connectivity index is 2.37. The normalized spacial score (nSPS) is 10.2. The van der Waals surface area contributed by atoms with Gasteiger partial charge in [-0.25, -0.2) is 4.79 Å². The zero-order valence-electron chi connectivity index (χ0n) is 10.2. The monoisotopic (exact) mass is 240 g/mol. The zero-order chi connectivity index (χ0) is 12.0. The lowest BCUT2D eigenvalue weighted by Gasteiger charge is -2.17. The van der Waals surface area contributed by atoms with E-state index in [9.17, 15) is 4.79 Å². The smallest absolute Gasteiger partial charge is 0.317 e. The Morgan fingerprint density at radius 1 is 1.56 bits per heavy atom. The topological polar surface area (TPSA) is 32.3 Å². The molecule has 1 aromatic rings. The van der Waals surface area contributed by atoms with Crippen LogP contribution in [0.3, 0.4) is 0 Å². The van der Waals surface area contributed by atoms with E-state index in [-0.39, 0.29) is 6.03 Å². The van der Waals surface area contributed by atoms with Crippen molar-refractivity contribution in [3.63, 3.8) is 0 Å². The van der Waals surface area contributed by atoms with Crippen LogP contribution in [0.25, 0.3) is 0 Å². The highest BCUT2D eigenvalue weighted by atomic mass is 32.1. The Morgan fingerprint density at radius 3 is 2.88 bits per heavy atom. The van der Waals surface area contributed by atoms with Crippen molar-refractivity contribution in [2.45, 2.75) is 33.2 Å². The Kier molecular flexibility index (Phi) is 5.32. The van der Waals surface area contributed by atoms with Crippen LogP contribution >= 0.6 is 11.3 Å². The summed E-state index contributed by atoms with van der Waals surface area (Å²) in [5, 5.41) is 4.97. The summed E-state index contributed by atoms with van der Waals surface area (Å²) in [5.74, 6) is 0. The summed E-state index contributed by atoms with van der Waals surface area (Å²) < 4.78 is 0. The molecule has 0 atom stereocenters. The summed E-state index contributed by atoms with van der Waals surface area (Å²) in [7, 11) is 1.83. The van der Waals surface area contributed by atoms with E-state index in [1.807, 2.05) is 7.05 Å². The highest BCUT2D eigenvalue weighted by Gasteiger charge is 2.09. The minimum Gasteiger partial charge on any atom is -0.338 e. The van der Waals surface area contributed by atoms with Crippen molar-refractivity contribution in [1.29, 1.82) is 0 Å². The first-order valence-electron chi connectivity index (χ1n) is 5.67. The molecule has 1 heterocycles. The standard InChI is InChI=1S/C12H20N2OS/c1-4-5-7-13-12(15)14(3)9-11-10(2)6-8-16-11/h6,8H,4-5,7,9H2,1-3H3,(H,13,15). The third-order valence-electron chi connectivity index (χ3n) is 2.50. The molecule has 0 aliphatic carbocycles. The molecule has 0 fully saturated rings. The van der Waals surface area contributed by atoms with Crippen molar-refractivity contribution in [1.82, 2.24) is 10.2 Å². The van der Waals surface area contributed by atoms with Crippen LogP contribution in [0.15, 0.2) is 11.4 Å². The predicted molar refractivity (Wildman–Crippen MR) is 68.8 cm³/mol. The van der Waals surface area contributed by atoms with Crippen LogP contribution in [-0.4, -0.2) is 24.5 Å². The van der Waals surface area contributed by atoms with Crippen molar-refractivity contribution in [2.75, 3.05) is 13.6 Å². The highest BCUT2D eigenvalue weighted by Crippen LogP contribution is 2.17. The number of unbranched alkanes of at least 4 members (excludes halogenated alkanes) is 1. The summed E-state index contributed by atoms with van der Waals surface area (Å²) in [6.07, 6.45) is 2.14. The number of aryl methyl sites for hydroxylation is 1. The van der Waals surface area contributed by atoms with Gasteiger partial charge in [0.15, 0.2) is 0 Å². The third-order valence-corrected chi connectivity index (χ3v) is 3.51. The van der Waals surface area contributed by atoms with E-state index in [0.717, 1.165) is 19.4 Å². The molecular weight excluding hydrogens is 220 g/mol. The lowest BCUT2D eigenvalue weighted by atomic mass is 10.3. The molecule has 0 spiro atoms. The molecule has 3 nitrogen and oxygen atoms in total. The highest BCUT2D eigenvalue weighted by molar-refractivity contribution is 7.10.